The zero-order valence-electron chi connectivity index (χ0n) is 8.18. The van der Waals surface area contributed by atoms with Crippen LogP contribution in [-0.2, 0) is 4.79 Å². The molecule has 1 fully saturated rings. The Kier molecular flexibility index (Phi) is 3.18. The molecule has 1 rings (SSSR count). The van der Waals surface area contributed by atoms with Crippen LogP contribution in [0.3, 0.4) is 0 Å². The van der Waals surface area contributed by atoms with Gasteiger partial charge in [0.1, 0.15) is 0 Å². The van der Waals surface area contributed by atoms with Crippen LogP contribution in [0.1, 0.15) is 33.1 Å². The van der Waals surface area contributed by atoms with Crippen molar-refractivity contribution in [1.29, 1.82) is 5.41 Å². The van der Waals surface area contributed by atoms with Gasteiger partial charge < -0.3 is 5.41 Å². The summed E-state index contributed by atoms with van der Waals surface area (Å²) in [5.41, 5.74) is 2.25. The number of carbonyl (C=O) groups excluding carboxylic acids is 1. The van der Waals surface area contributed by atoms with Gasteiger partial charge in [0.05, 0.1) is 0 Å². The van der Waals surface area contributed by atoms with Gasteiger partial charge in [-0.3, -0.25) is 4.79 Å². The number of allylic oxidation sites excluding steroid dienone is 4. The average molecular weight is 177 g/mol. The van der Waals surface area contributed by atoms with Gasteiger partial charge >= 0.3 is 0 Å². The summed E-state index contributed by atoms with van der Waals surface area (Å²) in [6, 6.07) is 0. The molecule has 0 aromatic carbocycles. The maximum absolute atomic E-state index is 11.4. The Labute approximate surface area is 78.9 Å². The lowest BCUT2D eigenvalue weighted by atomic mass is 9.91. The molecule has 0 atom stereocenters. The van der Waals surface area contributed by atoms with E-state index >= 15 is 0 Å². The van der Waals surface area contributed by atoms with Crippen LogP contribution in [0.5, 0.6) is 0 Å². The van der Waals surface area contributed by atoms with Crippen molar-refractivity contribution in [2.75, 3.05) is 0 Å². The standard InChI is InChI=1S/C11H15NO/c1-8(2)6-7-9-10(12)4-3-5-11(9)13/h6-7,12H,3-5H2,1-2H3. The predicted molar refractivity (Wildman–Crippen MR) is 54.1 cm³/mol. The Bertz CT molecular complexity index is 275. The van der Waals surface area contributed by atoms with Gasteiger partial charge in [-0.25, -0.2) is 0 Å². The minimum atomic E-state index is 0.119. The summed E-state index contributed by atoms with van der Waals surface area (Å²) in [6.07, 6.45) is 5.86. The molecule has 1 aliphatic carbocycles. The smallest absolute Gasteiger partial charge is 0.164 e. The predicted octanol–water partition coefficient (Wildman–Crippen LogP) is 2.65. The van der Waals surface area contributed by atoms with E-state index < -0.39 is 0 Å². The van der Waals surface area contributed by atoms with Crippen molar-refractivity contribution in [3.8, 4) is 0 Å². The van der Waals surface area contributed by atoms with E-state index in [1.165, 1.54) is 0 Å². The molecular weight excluding hydrogens is 162 g/mol. The topological polar surface area (TPSA) is 40.9 Å². The van der Waals surface area contributed by atoms with Gasteiger partial charge in [-0.15, -0.1) is 0 Å². The molecule has 1 N–H and O–H groups in total. The lowest BCUT2D eigenvalue weighted by Gasteiger charge is -2.13. The molecule has 1 saturated carbocycles. The van der Waals surface area contributed by atoms with Crippen LogP contribution in [0.4, 0.5) is 0 Å². The molecule has 70 valence electrons. The second-order valence-electron chi connectivity index (χ2n) is 3.58. The number of ketones is 1. The van der Waals surface area contributed by atoms with Crippen molar-refractivity contribution in [2.24, 2.45) is 0 Å². The summed E-state index contributed by atoms with van der Waals surface area (Å²) in [5.74, 6) is 0.119. The van der Waals surface area contributed by atoms with E-state index in [9.17, 15) is 4.79 Å². The first-order chi connectivity index (χ1) is 6.11. The lowest BCUT2D eigenvalue weighted by Crippen LogP contribution is -2.17. The number of Topliss-reactive ketones (excluding diaryl/α,β-unsaturated/α-hetero) is 1. The Hall–Kier alpha value is -1.18. The minimum absolute atomic E-state index is 0.119. The molecule has 0 heterocycles. The molecule has 13 heavy (non-hydrogen) atoms. The first kappa shape index (κ1) is 9.90. The summed E-state index contributed by atoms with van der Waals surface area (Å²) in [5, 5.41) is 7.60. The van der Waals surface area contributed by atoms with E-state index in [4.69, 9.17) is 5.41 Å². The Morgan fingerprint density at radius 1 is 1.38 bits per heavy atom. The summed E-state index contributed by atoms with van der Waals surface area (Å²) in [4.78, 5) is 11.4. The number of carbonyl (C=O) groups is 1. The van der Waals surface area contributed by atoms with Crippen LogP contribution in [0, 0.1) is 5.41 Å². The Balaban J connectivity index is 2.86. The van der Waals surface area contributed by atoms with Crippen LogP contribution in [0.25, 0.3) is 0 Å². The minimum Gasteiger partial charge on any atom is -0.305 e. The van der Waals surface area contributed by atoms with E-state index in [-0.39, 0.29) is 5.78 Å². The lowest BCUT2D eigenvalue weighted by molar-refractivity contribution is -0.115. The zero-order valence-corrected chi connectivity index (χ0v) is 8.18. The van der Waals surface area contributed by atoms with E-state index in [0.717, 1.165) is 18.4 Å². The van der Waals surface area contributed by atoms with Crippen LogP contribution < -0.4 is 0 Å². The highest BCUT2D eigenvalue weighted by Gasteiger charge is 2.18. The molecule has 0 saturated heterocycles. The molecule has 0 unspecified atom stereocenters. The van der Waals surface area contributed by atoms with Crippen molar-refractivity contribution in [1.82, 2.24) is 0 Å². The van der Waals surface area contributed by atoms with Gasteiger partial charge in [-0.05, 0) is 32.8 Å². The molecule has 0 radical (unpaired) electrons. The first-order valence-electron chi connectivity index (χ1n) is 4.57. The molecule has 2 heteroatoms. The van der Waals surface area contributed by atoms with Crippen molar-refractivity contribution in [2.45, 2.75) is 33.1 Å². The fraction of sp³-hybridized carbons (Fsp3) is 0.455. The molecular formula is C11H15NO. The third-order valence-corrected chi connectivity index (χ3v) is 2.04. The quantitative estimate of drug-likeness (QED) is 0.614. The summed E-state index contributed by atoms with van der Waals surface area (Å²) in [6.45, 7) is 3.96. The normalized spacial score (nSPS) is 20.6. The van der Waals surface area contributed by atoms with E-state index in [2.05, 4.69) is 0 Å². The maximum atomic E-state index is 11.4. The summed E-state index contributed by atoms with van der Waals surface area (Å²) >= 11 is 0. The van der Waals surface area contributed by atoms with Gasteiger partial charge in [-0.1, -0.05) is 11.6 Å². The van der Waals surface area contributed by atoms with Crippen molar-refractivity contribution >= 4 is 11.5 Å². The number of rotatable bonds is 1. The van der Waals surface area contributed by atoms with Gasteiger partial charge in [0.25, 0.3) is 0 Å². The average Bonchev–Trinajstić information content (AvgIpc) is 2.03. The largest absolute Gasteiger partial charge is 0.305 e. The van der Waals surface area contributed by atoms with Crippen LogP contribution >= 0.6 is 0 Å². The molecule has 0 aromatic heterocycles. The Morgan fingerprint density at radius 2 is 2.08 bits per heavy atom. The van der Waals surface area contributed by atoms with E-state index in [1.54, 1.807) is 6.08 Å². The van der Waals surface area contributed by atoms with Gasteiger partial charge in [0.2, 0.25) is 0 Å². The number of nitrogens with one attached hydrogen (secondary N) is 1. The van der Waals surface area contributed by atoms with Crippen LogP contribution in [0.15, 0.2) is 23.3 Å². The van der Waals surface area contributed by atoms with Crippen LogP contribution in [-0.4, -0.2) is 11.5 Å². The highest BCUT2D eigenvalue weighted by atomic mass is 16.1. The third-order valence-electron chi connectivity index (χ3n) is 2.04. The second-order valence-corrected chi connectivity index (χ2v) is 3.58. The molecule has 1 aliphatic rings. The fourth-order valence-electron chi connectivity index (χ4n) is 1.31. The molecule has 0 aliphatic heterocycles. The third kappa shape index (κ3) is 2.65. The maximum Gasteiger partial charge on any atom is 0.164 e. The van der Waals surface area contributed by atoms with Crippen molar-refractivity contribution in [3.63, 3.8) is 0 Å². The first-order valence-corrected chi connectivity index (χ1v) is 4.57. The molecule has 0 bridgehead atoms. The Morgan fingerprint density at radius 3 is 2.62 bits per heavy atom. The highest BCUT2D eigenvalue weighted by molar-refractivity contribution is 6.22. The molecule has 2 nitrogen and oxygen atoms in total. The zero-order chi connectivity index (χ0) is 9.84. The summed E-state index contributed by atoms with van der Waals surface area (Å²) < 4.78 is 0. The molecule has 0 spiro atoms. The van der Waals surface area contributed by atoms with Crippen molar-refractivity contribution < 1.29 is 4.79 Å². The highest BCUT2D eigenvalue weighted by Crippen LogP contribution is 2.16. The van der Waals surface area contributed by atoms with Gasteiger partial charge in [-0.2, -0.15) is 0 Å². The number of hydrogen-bond donors (Lipinski definition) is 1. The second kappa shape index (κ2) is 4.17. The van der Waals surface area contributed by atoms with Crippen molar-refractivity contribution in [3.05, 3.63) is 23.3 Å². The molecule has 0 aromatic rings. The van der Waals surface area contributed by atoms with E-state index in [1.807, 2.05) is 19.9 Å². The summed E-state index contributed by atoms with van der Waals surface area (Å²) in [7, 11) is 0. The fourth-order valence-corrected chi connectivity index (χ4v) is 1.31. The monoisotopic (exact) mass is 177 g/mol. The van der Waals surface area contributed by atoms with E-state index in [0.29, 0.717) is 17.7 Å². The SMILES string of the molecule is CC(C)=CC=C1C(=N)CCCC1=O. The van der Waals surface area contributed by atoms with Gasteiger partial charge in [0.15, 0.2) is 5.78 Å². The molecule has 0 amide bonds. The van der Waals surface area contributed by atoms with Crippen LogP contribution in [0.2, 0.25) is 0 Å². The van der Waals surface area contributed by atoms with Gasteiger partial charge in [0, 0.05) is 17.7 Å². The number of hydrogen-bond acceptors (Lipinski definition) is 2.